The third-order valence-electron chi connectivity index (χ3n) is 5.47. The number of carbonyl (C=O) groups excluding carboxylic acids is 1. The van der Waals surface area contributed by atoms with Crippen LogP contribution >= 0.6 is 0 Å². The number of fused-ring (bicyclic) bond motifs is 3. The van der Waals surface area contributed by atoms with Crippen LogP contribution in [-0.4, -0.2) is 25.1 Å². The van der Waals surface area contributed by atoms with E-state index in [4.69, 9.17) is 4.98 Å². The van der Waals surface area contributed by atoms with E-state index in [2.05, 4.69) is 22.7 Å². The molecule has 0 fully saturated rings. The van der Waals surface area contributed by atoms with Gasteiger partial charge in [-0.05, 0) is 25.7 Å². The highest BCUT2D eigenvalue weighted by atomic mass is 16.1. The van der Waals surface area contributed by atoms with Gasteiger partial charge in [-0.3, -0.25) is 14.0 Å². The maximum absolute atomic E-state index is 12.1. The number of ketones is 1. The second-order valence-corrected chi connectivity index (χ2v) is 6.98. The van der Waals surface area contributed by atoms with Crippen molar-refractivity contribution in [2.24, 2.45) is 13.0 Å². The van der Waals surface area contributed by atoms with E-state index in [1.165, 1.54) is 5.69 Å². The Kier molecular flexibility index (Phi) is 3.04. The predicted octanol–water partition coefficient (Wildman–Crippen LogP) is 2.16. The molecule has 4 rings (SSSR count). The van der Waals surface area contributed by atoms with Crippen molar-refractivity contribution in [3.63, 3.8) is 0 Å². The van der Waals surface area contributed by atoms with Crippen LogP contribution in [0.1, 0.15) is 37.0 Å². The number of nitrogens with zero attached hydrogens (tertiary/aromatic N) is 5. The van der Waals surface area contributed by atoms with Crippen LogP contribution < -0.4 is 0 Å². The van der Waals surface area contributed by atoms with E-state index in [1.807, 2.05) is 32.4 Å². The van der Waals surface area contributed by atoms with Crippen LogP contribution in [0.25, 0.3) is 5.69 Å². The molecule has 2 aromatic rings. The van der Waals surface area contributed by atoms with Crippen molar-refractivity contribution in [3.8, 4) is 11.8 Å². The van der Waals surface area contributed by atoms with Gasteiger partial charge in [0.25, 0.3) is 0 Å². The molecule has 122 valence electrons. The maximum Gasteiger partial charge on any atom is 0.173 e. The highest BCUT2D eigenvalue weighted by Crippen LogP contribution is 2.47. The Morgan fingerprint density at radius 1 is 1.46 bits per heavy atom. The van der Waals surface area contributed by atoms with Crippen molar-refractivity contribution in [3.05, 3.63) is 41.3 Å². The molecule has 0 saturated carbocycles. The van der Waals surface area contributed by atoms with Crippen molar-refractivity contribution in [2.75, 3.05) is 0 Å². The Morgan fingerprint density at radius 3 is 2.92 bits per heavy atom. The summed E-state index contributed by atoms with van der Waals surface area (Å²) in [4.78, 5) is 17.0. The van der Waals surface area contributed by atoms with E-state index in [-0.39, 0.29) is 22.7 Å². The first kappa shape index (κ1) is 14.9. The first-order valence-electron chi connectivity index (χ1n) is 8.18. The lowest BCUT2D eigenvalue weighted by atomic mass is 9.62. The zero-order valence-corrected chi connectivity index (χ0v) is 14.1. The lowest BCUT2D eigenvalue weighted by Crippen LogP contribution is -2.40. The smallest absolute Gasteiger partial charge is 0.173 e. The van der Waals surface area contributed by atoms with Gasteiger partial charge in [-0.15, -0.1) is 0 Å². The molecule has 0 N–H and O–H groups in total. The second kappa shape index (κ2) is 4.91. The summed E-state index contributed by atoms with van der Waals surface area (Å²) in [6, 6.07) is 2.06. The molecule has 24 heavy (non-hydrogen) atoms. The first-order valence-corrected chi connectivity index (χ1v) is 8.18. The summed E-state index contributed by atoms with van der Waals surface area (Å²) in [6.07, 6.45) is 7.91. The molecule has 0 aliphatic heterocycles. The Balaban J connectivity index is 1.92. The SMILES string of the molecule is Cc1nc2c(n1-c1cnn(C)c1)CCC1CC(=O)C(C#N)=CC21C. The lowest BCUT2D eigenvalue weighted by molar-refractivity contribution is -0.117. The fraction of sp³-hybridized carbons (Fsp3) is 0.444. The number of imidazole rings is 1. The van der Waals surface area contributed by atoms with Gasteiger partial charge in [0.15, 0.2) is 5.78 Å². The molecule has 6 nitrogen and oxygen atoms in total. The number of aryl methyl sites for hydroxylation is 2. The number of hydrogen-bond acceptors (Lipinski definition) is 4. The van der Waals surface area contributed by atoms with E-state index in [9.17, 15) is 10.1 Å². The molecule has 0 amide bonds. The quantitative estimate of drug-likeness (QED) is 0.806. The molecule has 2 aliphatic rings. The normalized spacial score (nSPS) is 25.7. The summed E-state index contributed by atoms with van der Waals surface area (Å²) in [5.74, 6) is 1.09. The van der Waals surface area contributed by atoms with Crippen LogP contribution in [0, 0.1) is 24.2 Å². The fourth-order valence-electron chi connectivity index (χ4n) is 4.22. The highest BCUT2D eigenvalue weighted by molar-refractivity contribution is 6.00. The van der Waals surface area contributed by atoms with E-state index in [1.54, 1.807) is 4.68 Å². The zero-order chi connectivity index (χ0) is 17.1. The number of nitriles is 1. The predicted molar refractivity (Wildman–Crippen MR) is 87.6 cm³/mol. The molecule has 2 aliphatic carbocycles. The molecule has 0 spiro atoms. The van der Waals surface area contributed by atoms with Crippen LogP contribution in [0.3, 0.4) is 0 Å². The highest BCUT2D eigenvalue weighted by Gasteiger charge is 2.46. The van der Waals surface area contributed by atoms with Gasteiger partial charge in [-0.2, -0.15) is 10.4 Å². The van der Waals surface area contributed by atoms with E-state index in [0.29, 0.717) is 6.42 Å². The molecule has 2 aromatic heterocycles. The number of rotatable bonds is 1. The van der Waals surface area contributed by atoms with Crippen molar-refractivity contribution in [2.45, 2.75) is 38.5 Å². The summed E-state index contributed by atoms with van der Waals surface area (Å²) in [7, 11) is 1.90. The molecule has 2 unspecified atom stereocenters. The van der Waals surface area contributed by atoms with Gasteiger partial charge in [0.2, 0.25) is 0 Å². The van der Waals surface area contributed by atoms with Crippen LogP contribution in [0.4, 0.5) is 0 Å². The monoisotopic (exact) mass is 321 g/mol. The Labute approximate surface area is 140 Å². The largest absolute Gasteiger partial charge is 0.297 e. The Bertz CT molecular complexity index is 926. The minimum Gasteiger partial charge on any atom is -0.297 e. The van der Waals surface area contributed by atoms with Crippen molar-refractivity contribution >= 4 is 5.78 Å². The summed E-state index contributed by atoms with van der Waals surface area (Å²) < 4.78 is 3.93. The van der Waals surface area contributed by atoms with Crippen molar-refractivity contribution in [1.29, 1.82) is 5.26 Å². The Hall–Kier alpha value is -2.68. The van der Waals surface area contributed by atoms with Crippen molar-refractivity contribution in [1.82, 2.24) is 19.3 Å². The minimum absolute atomic E-state index is 0.0353. The van der Waals surface area contributed by atoms with E-state index < -0.39 is 0 Å². The number of Topliss-reactive ketones (excluding diaryl/α,β-unsaturated/α-hetero) is 1. The van der Waals surface area contributed by atoms with Crippen molar-refractivity contribution < 1.29 is 4.79 Å². The number of hydrogen-bond donors (Lipinski definition) is 0. The van der Waals surface area contributed by atoms with Crippen LogP contribution in [0.5, 0.6) is 0 Å². The number of carbonyl (C=O) groups is 1. The minimum atomic E-state index is -0.356. The summed E-state index contributed by atoms with van der Waals surface area (Å²) >= 11 is 0. The maximum atomic E-state index is 12.1. The van der Waals surface area contributed by atoms with Gasteiger partial charge in [0, 0.05) is 30.8 Å². The lowest BCUT2D eigenvalue weighted by Gasteiger charge is -2.41. The van der Waals surface area contributed by atoms with Crippen LogP contribution in [0.15, 0.2) is 24.0 Å². The molecule has 6 heteroatoms. The average molecular weight is 321 g/mol. The molecule has 2 atom stereocenters. The van der Waals surface area contributed by atoms with Gasteiger partial charge in [-0.25, -0.2) is 4.98 Å². The molecule has 2 heterocycles. The molecule has 0 saturated heterocycles. The molecule has 0 aromatic carbocycles. The number of allylic oxidation sites excluding steroid dienone is 2. The topological polar surface area (TPSA) is 76.5 Å². The molecular formula is C18H19N5O. The molecule has 0 radical (unpaired) electrons. The fourth-order valence-corrected chi connectivity index (χ4v) is 4.22. The summed E-state index contributed by atoms with van der Waals surface area (Å²) in [6.45, 7) is 4.10. The Morgan fingerprint density at radius 2 is 2.25 bits per heavy atom. The summed E-state index contributed by atoms with van der Waals surface area (Å²) in [5, 5.41) is 13.5. The van der Waals surface area contributed by atoms with E-state index >= 15 is 0 Å². The first-order chi connectivity index (χ1) is 11.4. The molecule has 0 bridgehead atoms. The summed E-state index contributed by atoms with van der Waals surface area (Å²) in [5.41, 5.74) is 3.09. The van der Waals surface area contributed by atoms with Gasteiger partial charge in [0.05, 0.1) is 23.2 Å². The number of aromatic nitrogens is 4. The average Bonchev–Trinajstić information content (AvgIpc) is 3.10. The van der Waals surface area contributed by atoms with Gasteiger partial charge >= 0.3 is 0 Å². The third kappa shape index (κ3) is 1.91. The van der Waals surface area contributed by atoms with E-state index in [0.717, 1.165) is 30.0 Å². The van der Waals surface area contributed by atoms with Crippen LogP contribution in [-0.2, 0) is 23.7 Å². The second-order valence-electron chi connectivity index (χ2n) is 6.98. The van der Waals surface area contributed by atoms with Crippen LogP contribution in [0.2, 0.25) is 0 Å². The van der Waals surface area contributed by atoms with Gasteiger partial charge < -0.3 is 0 Å². The van der Waals surface area contributed by atoms with Gasteiger partial charge in [-0.1, -0.05) is 13.0 Å². The zero-order valence-electron chi connectivity index (χ0n) is 14.1. The molecular weight excluding hydrogens is 302 g/mol. The van der Waals surface area contributed by atoms with Gasteiger partial charge in [0.1, 0.15) is 11.9 Å². The third-order valence-corrected chi connectivity index (χ3v) is 5.47. The standard InChI is InChI=1S/C18H19N5O/c1-11-21-17-15(23(11)14-9-20-22(3)10-14)5-4-13-6-16(24)12(8-19)7-18(13,17)2/h7,9-10,13H,4-6H2,1-3H3.